The molecule has 0 aliphatic carbocycles. The summed E-state index contributed by atoms with van der Waals surface area (Å²) in [6.45, 7) is 9.01. The molecule has 0 aliphatic rings. The molecule has 4 aromatic rings. The number of hydrogen-bond donors (Lipinski definition) is 0. The van der Waals surface area contributed by atoms with Crippen LogP contribution in [0, 0.1) is 27.7 Å². The van der Waals surface area contributed by atoms with Gasteiger partial charge in [0.05, 0.1) is 0 Å². The first-order valence-electron chi connectivity index (χ1n) is 7.23. The molecule has 0 radical (unpaired) electrons. The molecular weight excluding hydrogens is 240 g/mol. The molecule has 0 heteroatoms. The lowest BCUT2D eigenvalue weighted by atomic mass is 9.85. The van der Waals surface area contributed by atoms with Crippen molar-refractivity contribution in [2.75, 3.05) is 0 Å². The third-order valence-corrected chi connectivity index (χ3v) is 5.01. The minimum atomic E-state index is 1.35. The average molecular weight is 258 g/mol. The van der Waals surface area contributed by atoms with Crippen molar-refractivity contribution in [3.63, 3.8) is 0 Å². The van der Waals surface area contributed by atoms with Crippen molar-refractivity contribution < 1.29 is 0 Å². The normalized spacial score (nSPS) is 12.0. The van der Waals surface area contributed by atoms with Crippen molar-refractivity contribution in [1.29, 1.82) is 0 Å². The molecular formula is C20H18. The maximum atomic E-state index is 2.33. The molecule has 98 valence electrons. The summed E-state index contributed by atoms with van der Waals surface area (Å²) in [5, 5.41) is 8.47. The Labute approximate surface area is 119 Å². The van der Waals surface area contributed by atoms with Crippen LogP contribution in [0.4, 0.5) is 0 Å². The van der Waals surface area contributed by atoms with Gasteiger partial charge in [0, 0.05) is 0 Å². The molecule has 0 saturated heterocycles. The molecule has 0 aliphatic heterocycles. The number of benzene rings is 4. The first kappa shape index (κ1) is 11.7. The van der Waals surface area contributed by atoms with Gasteiger partial charge in [-0.2, -0.15) is 0 Å². The summed E-state index contributed by atoms with van der Waals surface area (Å²) in [5.74, 6) is 0. The van der Waals surface area contributed by atoms with E-state index in [4.69, 9.17) is 0 Å². The van der Waals surface area contributed by atoms with Crippen LogP contribution in [0.3, 0.4) is 0 Å². The van der Waals surface area contributed by atoms with Crippen LogP contribution in [0.15, 0.2) is 36.4 Å². The Morgan fingerprint density at radius 3 is 2.15 bits per heavy atom. The lowest BCUT2D eigenvalue weighted by molar-refractivity contribution is 1.35. The Hall–Kier alpha value is -2.08. The summed E-state index contributed by atoms with van der Waals surface area (Å²) in [6, 6.07) is 13.5. The molecule has 0 heterocycles. The SMILES string of the molecule is Cc1cc2ccc3cccc4c(C)c(C)c(c1C)c2c34. The molecule has 4 rings (SSSR count). The van der Waals surface area contributed by atoms with Crippen LogP contribution in [-0.2, 0) is 0 Å². The third kappa shape index (κ3) is 1.27. The monoisotopic (exact) mass is 258 g/mol. The van der Waals surface area contributed by atoms with E-state index in [0.717, 1.165) is 0 Å². The summed E-state index contributed by atoms with van der Waals surface area (Å²) >= 11 is 0. The fourth-order valence-electron chi connectivity index (χ4n) is 3.68. The molecule has 0 bridgehead atoms. The zero-order valence-electron chi connectivity index (χ0n) is 12.5. The predicted molar refractivity (Wildman–Crippen MR) is 89.1 cm³/mol. The van der Waals surface area contributed by atoms with Crippen LogP contribution in [0.5, 0.6) is 0 Å². The Kier molecular flexibility index (Phi) is 2.18. The van der Waals surface area contributed by atoms with Crippen molar-refractivity contribution in [2.24, 2.45) is 0 Å². The van der Waals surface area contributed by atoms with Crippen molar-refractivity contribution in [2.45, 2.75) is 27.7 Å². The highest BCUT2D eigenvalue weighted by Gasteiger charge is 2.15. The number of aryl methyl sites for hydroxylation is 4. The predicted octanol–water partition coefficient (Wildman–Crippen LogP) is 5.82. The fraction of sp³-hybridized carbons (Fsp3) is 0.200. The molecule has 0 fully saturated rings. The van der Waals surface area contributed by atoms with E-state index in [-0.39, 0.29) is 0 Å². The van der Waals surface area contributed by atoms with Crippen molar-refractivity contribution in [3.8, 4) is 0 Å². The zero-order chi connectivity index (χ0) is 14.0. The van der Waals surface area contributed by atoms with E-state index < -0.39 is 0 Å². The minimum absolute atomic E-state index is 1.35. The first-order chi connectivity index (χ1) is 9.59. The fourth-order valence-corrected chi connectivity index (χ4v) is 3.68. The molecule has 0 atom stereocenters. The molecule has 0 amide bonds. The van der Waals surface area contributed by atoms with Gasteiger partial charge >= 0.3 is 0 Å². The smallest absolute Gasteiger partial charge is 0.00211 e. The summed E-state index contributed by atoms with van der Waals surface area (Å²) in [7, 11) is 0. The van der Waals surface area contributed by atoms with Crippen LogP contribution in [0.2, 0.25) is 0 Å². The Bertz CT molecular complexity index is 974. The number of hydrogen-bond acceptors (Lipinski definition) is 0. The summed E-state index contributed by atoms with van der Waals surface area (Å²) < 4.78 is 0. The molecule has 0 saturated carbocycles. The van der Waals surface area contributed by atoms with Crippen molar-refractivity contribution in [1.82, 2.24) is 0 Å². The van der Waals surface area contributed by atoms with Gasteiger partial charge in [-0.05, 0) is 82.3 Å². The van der Waals surface area contributed by atoms with E-state index in [9.17, 15) is 0 Å². The Balaban J connectivity index is 2.51. The van der Waals surface area contributed by atoms with E-state index in [2.05, 4.69) is 64.1 Å². The van der Waals surface area contributed by atoms with E-state index in [1.807, 2.05) is 0 Å². The van der Waals surface area contributed by atoms with Crippen molar-refractivity contribution >= 4 is 32.3 Å². The van der Waals surface area contributed by atoms with Gasteiger partial charge in [0.2, 0.25) is 0 Å². The second-order valence-corrected chi connectivity index (χ2v) is 6.01. The van der Waals surface area contributed by atoms with E-state index in [0.29, 0.717) is 0 Å². The van der Waals surface area contributed by atoms with Gasteiger partial charge in [-0.25, -0.2) is 0 Å². The molecule has 0 unspecified atom stereocenters. The summed E-state index contributed by atoms with van der Waals surface area (Å²) in [6.07, 6.45) is 0. The van der Waals surface area contributed by atoms with Crippen molar-refractivity contribution in [3.05, 3.63) is 58.7 Å². The summed E-state index contributed by atoms with van der Waals surface area (Å²) in [4.78, 5) is 0. The zero-order valence-corrected chi connectivity index (χ0v) is 12.5. The Morgan fingerprint density at radius 2 is 1.35 bits per heavy atom. The average Bonchev–Trinajstić information content (AvgIpc) is 2.45. The lowest BCUT2D eigenvalue weighted by Gasteiger charge is -2.19. The van der Waals surface area contributed by atoms with Gasteiger partial charge in [-0.3, -0.25) is 0 Å². The largest absolute Gasteiger partial charge is 0.0610 e. The Morgan fingerprint density at radius 1 is 0.600 bits per heavy atom. The maximum Gasteiger partial charge on any atom is -0.00211 e. The van der Waals surface area contributed by atoms with Crippen LogP contribution in [-0.4, -0.2) is 0 Å². The van der Waals surface area contributed by atoms with Gasteiger partial charge in [-0.1, -0.05) is 36.4 Å². The lowest BCUT2D eigenvalue weighted by Crippen LogP contribution is -1.95. The highest BCUT2D eigenvalue weighted by atomic mass is 14.2. The minimum Gasteiger partial charge on any atom is -0.0610 e. The highest BCUT2D eigenvalue weighted by Crippen LogP contribution is 2.40. The van der Waals surface area contributed by atoms with Gasteiger partial charge in [0.1, 0.15) is 0 Å². The van der Waals surface area contributed by atoms with Crippen LogP contribution in [0.25, 0.3) is 32.3 Å². The van der Waals surface area contributed by atoms with Crippen LogP contribution in [0.1, 0.15) is 22.3 Å². The molecule has 0 spiro atoms. The second-order valence-electron chi connectivity index (χ2n) is 6.01. The van der Waals surface area contributed by atoms with E-state index in [1.165, 1.54) is 54.6 Å². The van der Waals surface area contributed by atoms with Gasteiger partial charge in [0.15, 0.2) is 0 Å². The molecule has 20 heavy (non-hydrogen) atoms. The second kappa shape index (κ2) is 3.73. The molecule has 0 N–H and O–H groups in total. The number of rotatable bonds is 0. The van der Waals surface area contributed by atoms with Gasteiger partial charge in [-0.15, -0.1) is 0 Å². The van der Waals surface area contributed by atoms with Crippen LogP contribution >= 0.6 is 0 Å². The highest BCUT2D eigenvalue weighted by molar-refractivity contribution is 6.25. The van der Waals surface area contributed by atoms with E-state index >= 15 is 0 Å². The summed E-state index contributed by atoms with van der Waals surface area (Å²) in [5.41, 5.74) is 5.67. The quantitative estimate of drug-likeness (QED) is 0.349. The van der Waals surface area contributed by atoms with E-state index in [1.54, 1.807) is 0 Å². The maximum absolute atomic E-state index is 2.33. The topological polar surface area (TPSA) is 0 Å². The molecule has 0 aromatic heterocycles. The van der Waals surface area contributed by atoms with Gasteiger partial charge in [0.25, 0.3) is 0 Å². The molecule has 0 nitrogen and oxygen atoms in total. The molecule has 4 aromatic carbocycles. The standard InChI is InChI=1S/C20H18/c1-11-10-16-9-8-15-6-5-7-17-13(3)14(4)18(12(11)2)20(16)19(15)17/h5-10H,1-4H3. The third-order valence-electron chi connectivity index (χ3n) is 5.01. The van der Waals surface area contributed by atoms with Gasteiger partial charge < -0.3 is 0 Å². The first-order valence-corrected chi connectivity index (χ1v) is 7.23. The van der Waals surface area contributed by atoms with Crippen LogP contribution < -0.4 is 0 Å².